The number of methoxy groups -OCH3 is 1. The maximum atomic E-state index is 5.46. The van der Waals surface area contributed by atoms with E-state index in [1.54, 1.807) is 13.3 Å². The molecule has 0 amide bonds. The van der Waals surface area contributed by atoms with E-state index in [2.05, 4.69) is 14.9 Å². The van der Waals surface area contributed by atoms with Crippen molar-refractivity contribution >= 4 is 11.8 Å². The molecular weight excluding hydrogens is 168 g/mol. The van der Waals surface area contributed by atoms with E-state index < -0.39 is 0 Å². The lowest BCUT2D eigenvalue weighted by Gasteiger charge is -2.38. The minimum Gasteiger partial charge on any atom is -0.378 e. The second kappa shape index (κ2) is 3.18. The van der Waals surface area contributed by atoms with Gasteiger partial charge in [0.05, 0.1) is 6.10 Å². The average molecular weight is 180 g/mol. The van der Waals surface area contributed by atoms with Crippen LogP contribution in [-0.2, 0) is 4.74 Å². The van der Waals surface area contributed by atoms with Crippen LogP contribution in [-0.4, -0.2) is 36.3 Å². The molecule has 0 saturated carbocycles. The zero-order valence-corrected chi connectivity index (χ0v) is 7.47. The highest BCUT2D eigenvalue weighted by Gasteiger charge is 2.27. The lowest BCUT2D eigenvalue weighted by atomic mass is 10.2. The number of rotatable bonds is 2. The fraction of sp³-hybridized carbons (Fsp3) is 0.500. The van der Waals surface area contributed by atoms with Gasteiger partial charge < -0.3 is 15.4 Å². The standard InChI is InChI=1S/C8H12N4O/c1-13-6-4-12(5-6)7-2-3-10-8(9)11-7/h2-3,6H,4-5H2,1H3,(H2,9,10,11). The topological polar surface area (TPSA) is 64.3 Å². The van der Waals surface area contributed by atoms with Crippen molar-refractivity contribution in [2.75, 3.05) is 30.8 Å². The summed E-state index contributed by atoms with van der Waals surface area (Å²) in [6.45, 7) is 1.76. The molecule has 1 fully saturated rings. The van der Waals surface area contributed by atoms with Crippen LogP contribution in [0.25, 0.3) is 0 Å². The molecule has 1 aromatic heterocycles. The molecule has 0 aliphatic carbocycles. The molecule has 1 aromatic rings. The van der Waals surface area contributed by atoms with Crippen molar-refractivity contribution in [1.29, 1.82) is 0 Å². The third-order valence-electron chi connectivity index (χ3n) is 2.16. The second-order valence-electron chi connectivity index (χ2n) is 3.04. The number of hydrogen-bond acceptors (Lipinski definition) is 5. The van der Waals surface area contributed by atoms with Gasteiger partial charge in [0, 0.05) is 26.4 Å². The second-order valence-corrected chi connectivity index (χ2v) is 3.04. The minimum absolute atomic E-state index is 0.318. The van der Waals surface area contributed by atoms with Gasteiger partial charge in [-0.05, 0) is 6.07 Å². The van der Waals surface area contributed by atoms with E-state index in [1.165, 1.54) is 0 Å². The molecule has 2 rings (SSSR count). The fourth-order valence-electron chi connectivity index (χ4n) is 1.31. The number of aromatic nitrogens is 2. The molecule has 5 heteroatoms. The predicted octanol–water partition coefficient (Wildman–Crippen LogP) is -0.106. The molecule has 2 N–H and O–H groups in total. The van der Waals surface area contributed by atoms with Crippen LogP contribution in [0.1, 0.15) is 0 Å². The van der Waals surface area contributed by atoms with Gasteiger partial charge in [-0.15, -0.1) is 0 Å². The Morgan fingerprint density at radius 3 is 3.00 bits per heavy atom. The molecule has 0 spiro atoms. The van der Waals surface area contributed by atoms with Crippen LogP contribution >= 0.6 is 0 Å². The van der Waals surface area contributed by atoms with Crippen LogP contribution in [0.3, 0.4) is 0 Å². The van der Waals surface area contributed by atoms with Crippen molar-refractivity contribution in [1.82, 2.24) is 9.97 Å². The molecule has 13 heavy (non-hydrogen) atoms. The van der Waals surface area contributed by atoms with E-state index in [-0.39, 0.29) is 0 Å². The number of nitrogens with zero attached hydrogens (tertiary/aromatic N) is 3. The first-order valence-electron chi connectivity index (χ1n) is 4.16. The molecule has 0 radical (unpaired) electrons. The third kappa shape index (κ3) is 1.55. The number of nitrogens with two attached hydrogens (primary N) is 1. The first-order chi connectivity index (χ1) is 6.29. The monoisotopic (exact) mass is 180 g/mol. The highest BCUT2D eigenvalue weighted by atomic mass is 16.5. The summed E-state index contributed by atoms with van der Waals surface area (Å²) in [4.78, 5) is 10.0. The SMILES string of the molecule is COC1CN(c2ccnc(N)n2)C1. The summed E-state index contributed by atoms with van der Waals surface area (Å²) in [5, 5.41) is 0. The maximum Gasteiger partial charge on any atom is 0.221 e. The highest BCUT2D eigenvalue weighted by Crippen LogP contribution is 2.19. The Morgan fingerprint density at radius 2 is 2.38 bits per heavy atom. The van der Waals surface area contributed by atoms with Crippen LogP contribution in [0, 0.1) is 0 Å². The molecule has 1 saturated heterocycles. The first-order valence-corrected chi connectivity index (χ1v) is 4.16. The van der Waals surface area contributed by atoms with Gasteiger partial charge in [-0.1, -0.05) is 0 Å². The van der Waals surface area contributed by atoms with E-state index in [1.807, 2.05) is 6.07 Å². The van der Waals surface area contributed by atoms with E-state index in [0.717, 1.165) is 18.9 Å². The highest BCUT2D eigenvalue weighted by molar-refractivity contribution is 5.43. The van der Waals surface area contributed by atoms with Crippen molar-refractivity contribution < 1.29 is 4.74 Å². The quantitative estimate of drug-likeness (QED) is 0.688. The molecule has 70 valence electrons. The summed E-state index contributed by atoms with van der Waals surface area (Å²) in [5.74, 6) is 1.19. The zero-order chi connectivity index (χ0) is 9.26. The molecule has 0 unspecified atom stereocenters. The Hall–Kier alpha value is -1.36. The van der Waals surface area contributed by atoms with Crippen molar-refractivity contribution in [3.8, 4) is 0 Å². The number of ether oxygens (including phenoxy) is 1. The summed E-state index contributed by atoms with van der Waals surface area (Å²) in [6.07, 6.45) is 1.99. The van der Waals surface area contributed by atoms with Crippen LogP contribution < -0.4 is 10.6 Å². The maximum absolute atomic E-state index is 5.46. The summed E-state index contributed by atoms with van der Waals surface area (Å²) >= 11 is 0. The van der Waals surface area contributed by atoms with E-state index in [0.29, 0.717) is 12.1 Å². The number of hydrogen-bond donors (Lipinski definition) is 1. The molecule has 0 atom stereocenters. The predicted molar refractivity (Wildman–Crippen MR) is 49.5 cm³/mol. The normalized spacial score (nSPS) is 17.2. The Bertz CT molecular complexity index is 298. The number of nitrogen functional groups attached to an aromatic ring is 1. The summed E-state index contributed by atoms with van der Waals surface area (Å²) in [5.41, 5.74) is 5.46. The fourth-order valence-corrected chi connectivity index (χ4v) is 1.31. The lowest BCUT2D eigenvalue weighted by Crippen LogP contribution is -2.52. The Kier molecular flexibility index (Phi) is 2.02. The van der Waals surface area contributed by atoms with Gasteiger partial charge in [-0.2, -0.15) is 4.98 Å². The molecule has 2 heterocycles. The van der Waals surface area contributed by atoms with Crippen molar-refractivity contribution in [2.24, 2.45) is 0 Å². The lowest BCUT2D eigenvalue weighted by molar-refractivity contribution is 0.0783. The van der Waals surface area contributed by atoms with Crippen LogP contribution in [0.15, 0.2) is 12.3 Å². The van der Waals surface area contributed by atoms with Crippen LogP contribution in [0.5, 0.6) is 0 Å². The molecule has 5 nitrogen and oxygen atoms in total. The zero-order valence-electron chi connectivity index (χ0n) is 7.47. The van der Waals surface area contributed by atoms with Crippen molar-refractivity contribution in [3.05, 3.63) is 12.3 Å². The smallest absolute Gasteiger partial charge is 0.221 e. The summed E-state index contributed by atoms with van der Waals surface area (Å²) in [7, 11) is 1.72. The van der Waals surface area contributed by atoms with E-state index >= 15 is 0 Å². The van der Waals surface area contributed by atoms with Crippen LogP contribution in [0.4, 0.5) is 11.8 Å². The van der Waals surface area contributed by atoms with Gasteiger partial charge >= 0.3 is 0 Å². The largest absolute Gasteiger partial charge is 0.378 e. The Morgan fingerprint density at radius 1 is 1.62 bits per heavy atom. The van der Waals surface area contributed by atoms with E-state index in [9.17, 15) is 0 Å². The van der Waals surface area contributed by atoms with E-state index in [4.69, 9.17) is 10.5 Å². The van der Waals surface area contributed by atoms with Gasteiger partial charge in [0.15, 0.2) is 0 Å². The molecular formula is C8H12N4O. The van der Waals surface area contributed by atoms with Crippen LogP contribution in [0.2, 0.25) is 0 Å². The minimum atomic E-state index is 0.318. The van der Waals surface area contributed by atoms with Gasteiger partial charge in [-0.25, -0.2) is 4.98 Å². The Labute approximate surface area is 76.5 Å². The third-order valence-corrected chi connectivity index (χ3v) is 2.16. The summed E-state index contributed by atoms with van der Waals surface area (Å²) < 4.78 is 5.15. The molecule has 1 aliphatic rings. The van der Waals surface area contributed by atoms with Crippen molar-refractivity contribution in [3.63, 3.8) is 0 Å². The van der Waals surface area contributed by atoms with Crippen molar-refractivity contribution in [2.45, 2.75) is 6.10 Å². The molecule has 1 aliphatic heterocycles. The average Bonchev–Trinajstić information content (AvgIpc) is 2.02. The Balaban J connectivity index is 2.03. The number of anilines is 2. The molecule has 0 bridgehead atoms. The van der Waals surface area contributed by atoms with Gasteiger partial charge in [0.25, 0.3) is 0 Å². The van der Waals surface area contributed by atoms with Gasteiger partial charge in [0.2, 0.25) is 5.95 Å². The van der Waals surface area contributed by atoms with Gasteiger partial charge in [0.1, 0.15) is 5.82 Å². The summed E-state index contributed by atoms with van der Waals surface area (Å²) in [6, 6.07) is 1.85. The molecule has 0 aromatic carbocycles. The van der Waals surface area contributed by atoms with Gasteiger partial charge in [-0.3, -0.25) is 0 Å². The first kappa shape index (κ1) is 8.25.